The second kappa shape index (κ2) is 13.5. The van der Waals surface area contributed by atoms with E-state index >= 15 is 0 Å². The molecule has 0 saturated heterocycles. The van der Waals surface area contributed by atoms with Gasteiger partial charge >= 0.3 is 0 Å². The summed E-state index contributed by atoms with van der Waals surface area (Å²) < 4.78 is 0. The van der Waals surface area contributed by atoms with Gasteiger partial charge in [-0.05, 0) is 26.0 Å². The molecule has 0 fully saturated rings. The van der Waals surface area contributed by atoms with E-state index in [-0.39, 0.29) is 5.48 Å². The third-order valence-electron chi connectivity index (χ3n) is 3.15. The van der Waals surface area contributed by atoms with Crippen molar-refractivity contribution in [3.63, 3.8) is 0 Å². The number of aliphatic hydroxyl groups excluding tert-OH is 1. The fourth-order valence-corrected chi connectivity index (χ4v) is 1.46. The van der Waals surface area contributed by atoms with Gasteiger partial charge in [-0.3, -0.25) is 0 Å². The summed E-state index contributed by atoms with van der Waals surface area (Å²) in [4.78, 5) is 19.1. The van der Waals surface area contributed by atoms with Crippen LogP contribution in [0.1, 0.15) is 17.5 Å². The van der Waals surface area contributed by atoms with Crippen LogP contribution in [-0.4, -0.2) is 28.6 Å². The maximum Gasteiger partial charge on any atom is 0.130 e. The lowest BCUT2D eigenvalue weighted by Gasteiger charge is -2.10. The number of aliphatic carboxylic acids is 2. The first kappa shape index (κ1) is 25.5. The van der Waals surface area contributed by atoms with Gasteiger partial charge in [0.1, 0.15) is 11.4 Å². The normalized spacial score (nSPS) is 10.0. The van der Waals surface area contributed by atoms with Crippen molar-refractivity contribution in [1.82, 2.24) is 0 Å². The second-order valence-corrected chi connectivity index (χ2v) is 5.26. The van der Waals surface area contributed by atoms with Crippen molar-refractivity contribution in [1.29, 1.82) is 0 Å². The molecule has 0 aliphatic rings. The van der Waals surface area contributed by atoms with E-state index in [4.69, 9.17) is 5.11 Å². The Morgan fingerprint density at radius 2 is 1.27 bits per heavy atom. The molecule has 0 aromatic heterocycles. The zero-order valence-corrected chi connectivity index (χ0v) is 14.9. The van der Waals surface area contributed by atoms with Crippen LogP contribution in [0.25, 0.3) is 0 Å². The molecule has 0 spiro atoms. The van der Waals surface area contributed by atoms with Gasteiger partial charge in [0.05, 0.1) is 12.1 Å². The molecule has 0 amide bonds. The number of aliphatic hydroxyl groups is 1. The summed E-state index contributed by atoms with van der Waals surface area (Å²) in [5.74, 6) is -3.43. The molecule has 0 aliphatic carbocycles. The average Bonchev–Trinajstić information content (AvgIpc) is 2.54. The number of carboxylic acid groups (broad SMARTS) is 2. The highest BCUT2D eigenvalue weighted by Gasteiger charge is 2.03. The standard InChI is InChI=1S/2C7H9N.C4H6O5.H2O/c2*1-6-4-2-3-5-7(6)8;5-2(4(8)9)1-3(6)7;/h2*2-5H,8H2,1H3;2,5H,1H2,(H,6,7)(H,8,9);1H2. The van der Waals surface area contributed by atoms with Crippen LogP contribution in [0.2, 0.25) is 0 Å². The lowest BCUT2D eigenvalue weighted by molar-refractivity contribution is -0.323. The first-order valence-electron chi connectivity index (χ1n) is 7.49. The maximum absolute atomic E-state index is 9.58. The van der Waals surface area contributed by atoms with E-state index in [0.29, 0.717) is 0 Å². The van der Waals surface area contributed by atoms with Crippen LogP contribution in [0, 0.1) is 13.8 Å². The number of carbonyl (C=O) groups is 2. The first-order chi connectivity index (χ1) is 11.6. The Bertz CT molecular complexity index is 605. The number of quaternary nitrogens is 2. The zero-order chi connectivity index (χ0) is 19.4. The number of hydrogen-bond donors (Lipinski definition) is 3. The van der Waals surface area contributed by atoms with E-state index in [1.165, 1.54) is 11.1 Å². The molecule has 8 nitrogen and oxygen atoms in total. The minimum Gasteiger partial charge on any atom is -0.550 e. The summed E-state index contributed by atoms with van der Waals surface area (Å²) >= 11 is 0. The Morgan fingerprint density at radius 3 is 1.42 bits per heavy atom. The van der Waals surface area contributed by atoms with Gasteiger partial charge in [-0.25, -0.2) is 0 Å². The second-order valence-electron chi connectivity index (χ2n) is 5.26. The molecule has 144 valence electrons. The van der Waals surface area contributed by atoms with Crippen molar-refractivity contribution >= 4 is 23.3 Å². The number of hydrogen-bond acceptors (Lipinski definition) is 5. The third-order valence-corrected chi connectivity index (χ3v) is 3.15. The summed E-state index contributed by atoms with van der Waals surface area (Å²) in [6.45, 7) is 4.12. The third kappa shape index (κ3) is 11.7. The van der Waals surface area contributed by atoms with Gasteiger partial charge in [-0.1, -0.05) is 36.4 Å². The molecule has 0 aliphatic heterocycles. The van der Waals surface area contributed by atoms with Crippen molar-refractivity contribution in [3.8, 4) is 0 Å². The van der Waals surface area contributed by atoms with Crippen molar-refractivity contribution in [2.24, 2.45) is 0 Å². The molecule has 26 heavy (non-hydrogen) atoms. The number of rotatable bonds is 3. The minimum absolute atomic E-state index is 0. The summed E-state index contributed by atoms with van der Waals surface area (Å²) in [6, 6.07) is 16.2. The van der Waals surface area contributed by atoms with Crippen LogP contribution in [0.15, 0.2) is 48.5 Å². The monoisotopic (exact) mass is 366 g/mol. The Labute approximate surface area is 152 Å². The lowest BCUT2D eigenvalue weighted by Crippen LogP contribution is -2.40. The van der Waals surface area contributed by atoms with Crippen LogP contribution >= 0.6 is 0 Å². The summed E-state index contributed by atoms with van der Waals surface area (Å²) in [7, 11) is 0. The fraction of sp³-hybridized carbons (Fsp3) is 0.222. The van der Waals surface area contributed by atoms with Gasteiger partial charge in [0.2, 0.25) is 0 Å². The fourth-order valence-electron chi connectivity index (χ4n) is 1.46. The lowest BCUT2D eigenvalue weighted by atomic mass is 10.2. The van der Waals surface area contributed by atoms with E-state index in [0.717, 1.165) is 11.4 Å². The quantitative estimate of drug-likeness (QED) is 0.526. The molecule has 0 heterocycles. The molecule has 9 N–H and O–H groups in total. The van der Waals surface area contributed by atoms with Crippen LogP contribution in [-0.2, 0) is 9.59 Å². The van der Waals surface area contributed by atoms with Crippen LogP contribution in [0.3, 0.4) is 0 Å². The number of carboxylic acids is 2. The van der Waals surface area contributed by atoms with E-state index in [1.807, 2.05) is 36.4 Å². The van der Waals surface area contributed by atoms with E-state index in [2.05, 4.69) is 37.4 Å². The summed E-state index contributed by atoms with van der Waals surface area (Å²) in [5.41, 5.74) is 12.4. The molecule has 1 atom stereocenters. The number of benzene rings is 2. The summed E-state index contributed by atoms with van der Waals surface area (Å²) in [5, 5.41) is 27.3. The highest BCUT2D eigenvalue weighted by atomic mass is 16.4. The van der Waals surface area contributed by atoms with Crippen molar-refractivity contribution in [3.05, 3.63) is 59.7 Å². The molecular formula is C18H26N2O6. The number of carbonyl (C=O) groups excluding carboxylic acids is 2. The first-order valence-corrected chi connectivity index (χ1v) is 7.49. The van der Waals surface area contributed by atoms with Crippen molar-refractivity contribution in [2.45, 2.75) is 26.4 Å². The predicted molar refractivity (Wildman–Crippen MR) is 91.7 cm³/mol. The molecule has 2 rings (SSSR count). The van der Waals surface area contributed by atoms with E-state index in [9.17, 15) is 19.8 Å². The van der Waals surface area contributed by atoms with Gasteiger partial charge in [0.15, 0.2) is 0 Å². The van der Waals surface area contributed by atoms with Crippen LogP contribution < -0.4 is 21.7 Å². The van der Waals surface area contributed by atoms with E-state index < -0.39 is 24.5 Å². The highest BCUT2D eigenvalue weighted by Crippen LogP contribution is 2.04. The molecule has 2 aromatic carbocycles. The summed E-state index contributed by atoms with van der Waals surface area (Å²) in [6.07, 6.45) is -2.89. The van der Waals surface area contributed by atoms with Gasteiger partial charge in [0.25, 0.3) is 0 Å². The van der Waals surface area contributed by atoms with E-state index in [1.54, 1.807) is 0 Å². The van der Waals surface area contributed by atoms with Crippen molar-refractivity contribution in [2.75, 3.05) is 0 Å². The SMILES string of the molecule is Cc1ccccc1[NH3+].Cc1ccccc1[NH3+].O.O=C([O-])CC(O)C(=O)[O-]. The van der Waals surface area contributed by atoms with Gasteiger partial charge in [-0.2, -0.15) is 0 Å². The largest absolute Gasteiger partial charge is 0.550 e. The van der Waals surface area contributed by atoms with Gasteiger partial charge in [-0.15, -0.1) is 0 Å². The molecule has 1 unspecified atom stereocenters. The maximum atomic E-state index is 9.58. The Hall–Kier alpha value is -2.78. The molecule has 2 aromatic rings. The topological polar surface area (TPSA) is 187 Å². The molecular weight excluding hydrogens is 340 g/mol. The molecule has 0 bridgehead atoms. The smallest absolute Gasteiger partial charge is 0.130 e. The van der Waals surface area contributed by atoms with Gasteiger partial charge in [0, 0.05) is 23.5 Å². The Morgan fingerprint density at radius 1 is 0.923 bits per heavy atom. The predicted octanol–water partition coefficient (Wildman–Crippen LogP) is -2.85. The van der Waals surface area contributed by atoms with Crippen molar-refractivity contribution < 1.29 is 41.9 Å². The minimum atomic E-state index is -1.96. The zero-order valence-electron chi connectivity index (χ0n) is 14.9. The average molecular weight is 366 g/mol. The highest BCUT2D eigenvalue weighted by molar-refractivity contribution is 5.77. The Kier molecular flexibility index (Phi) is 13.2. The Balaban J connectivity index is 0. The van der Waals surface area contributed by atoms with Gasteiger partial charge < -0.3 is 41.9 Å². The molecule has 0 saturated carbocycles. The van der Waals surface area contributed by atoms with Crippen LogP contribution in [0.4, 0.5) is 11.4 Å². The van der Waals surface area contributed by atoms with Crippen LogP contribution in [0.5, 0.6) is 0 Å². The molecule has 8 heteroatoms. The number of aryl methyl sites for hydroxylation is 2. The molecule has 0 radical (unpaired) electrons.